The zero-order chi connectivity index (χ0) is 28.1. The van der Waals surface area contributed by atoms with Crippen molar-refractivity contribution >= 4 is 29.6 Å². The highest BCUT2D eigenvalue weighted by Gasteiger charge is 2.39. The van der Waals surface area contributed by atoms with Gasteiger partial charge in [0.1, 0.15) is 11.6 Å². The molecule has 40 heavy (non-hydrogen) atoms. The Bertz CT molecular complexity index is 1230. The lowest BCUT2D eigenvalue weighted by atomic mass is 10.0. The van der Waals surface area contributed by atoms with Gasteiger partial charge in [0.25, 0.3) is 11.9 Å². The first-order valence-corrected chi connectivity index (χ1v) is 14.0. The number of hydrogen-bond donors (Lipinski definition) is 1. The van der Waals surface area contributed by atoms with Gasteiger partial charge in [-0.15, -0.1) is 5.10 Å². The molecule has 11 nitrogen and oxygen atoms in total. The standard InChI is InChI=1S/C20H29ClN10O.C6H4F2/c1-2-30-26-20(25-27-30)28-9-6-17(7-10-28)31(16-3-4-16)18(32)14-11-22-19(23-12-14)29-8-5-15(13-29)24-21;7-5-1-2-6(8)4-3-5/h11-12,15-17,24H,2-10,13H2,1H3;1-4H/t15-;/m1./s1. The Morgan fingerprint density at radius 1 is 0.950 bits per heavy atom. The van der Waals surface area contributed by atoms with Crippen molar-refractivity contribution in [1.29, 1.82) is 0 Å². The summed E-state index contributed by atoms with van der Waals surface area (Å²) in [5, 5.41) is 12.6. The van der Waals surface area contributed by atoms with E-state index in [0.717, 1.165) is 82.5 Å². The summed E-state index contributed by atoms with van der Waals surface area (Å²) >= 11 is 5.74. The number of benzene rings is 1. The Kier molecular flexibility index (Phi) is 9.00. The summed E-state index contributed by atoms with van der Waals surface area (Å²) in [6, 6.07) is 5.09. The summed E-state index contributed by atoms with van der Waals surface area (Å²) in [6.45, 7) is 5.95. The number of piperidine rings is 1. The number of nitrogens with one attached hydrogen (secondary N) is 1. The number of rotatable bonds is 7. The molecular weight excluding hydrogens is 542 g/mol. The Labute approximate surface area is 236 Å². The number of carbonyl (C=O) groups is 1. The van der Waals surface area contributed by atoms with Crippen LogP contribution in [-0.4, -0.2) is 85.3 Å². The summed E-state index contributed by atoms with van der Waals surface area (Å²) in [6.07, 6.45) is 8.21. The number of hydrogen-bond acceptors (Lipinski definition) is 9. The van der Waals surface area contributed by atoms with Gasteiger partial charge in [-0.2, -0.15) is 4.80 Å². The normalized spacial score (nSPS) is 19.4. The van der Waals surface area contributed by atoms with Gasteiger partial charge >= 0.3 is 0 Å². The minimum atomic E-state index is -0.411. The van der Waals surface area contributed by atoms with E-state index in [0.29, 0.717) is 30.0 Å². The van der Waals surface area contributed by atoms with E-state index in [4.69, 9.17) is 11.8 Å². The lowest BCUT2D eigenvalue weighted by Gasteiger charge is -2.38. The molecule has 3 fully saturated rings. The second kappa shape index (κ2) is 12.8. The SMILES string of the molecule is CCn1nnc(N2CCC(N(C(=O)c3cnc(N4CC[C@@H](NCl)C4)nc3)C3CC3)CC2)n1.Fc1ccc(F)cc1. The molecule has 3 aliphatic rings. The van der Waals surface area contributed by atoms with Crippen LogP contribution in [0.3, 0.4) is 0 Å². The van der Waals surface area contributed by atoms with Crippen LogP contribution in [0, 0.1) is 11.6 Å². The molecule has 0 bridgehead atoms. The van der Waals surface area contributed by atoms with Crippen molar-refractivity contribution in [3.63, 3.8) is 0 Å². The highest BCUT2D eigenvalue weighted by molar-refractivity contribution is 6.13. The van der Waals surface area contributed by atoms with Crippen LogP contribution in [0.4, 0.5) is 20.7 Å². The van der Waals surface area contributed by atoms with Crippen LogP contribution >= 0.6 is 11.8 Å². The Hall–Kier alpha value is -3.45. The van der Waals surface area contributed by atoms with Crippen molar-refractivity contribution in [2.24, 2.45) is 0 Å². The van der Waals surface area contributed by atoms with Gasteiger partial charge in [0.15, 0.2) is 0 Å². The maximum Gasteiger partial charge on any atom is 0.266 e. The molecule has 1 atom stereocenters. The van der Waals surface area contributed by atoms with Crippen molar-refractivity contribution in [3.05, 3.63) is 53.9 Å². The molecule has 2 saturated heterocycles. The maximum absolute atomic E-state index is 13.4. The predicted molar refractivity (Wildman–Crippen MR) is 146 cm³/mol. The number of amides is 1. The second-order valence-corrected chi connectivity index (χ2v) is 10.4. The van der Waals surface area contributed by atoms with Crippen LogP contribution < -0.4 is 14.6 Å². The third-order valence-electron chi connectivity index (χ3n) is 7.35. The molecule has 2 aromatic heterocycles. The quantitative estimate of drug-likeness (QED) is 0.426. The second-order valence-electron chi connectivity index (χ2n) is 10.2. The van der Waals surface area contributed by atoms with Gasteiger partial charge in [-0.1, -0.05) is 5.10 Å². The fraction of sp³-hybridized carbons (Fsp3) is 0.538. The molecule has 3 aromatic rings. The smallest absolute Gasteiger partial charge is 0.266 e. The summed E-state index contributed by atoms with van der Waals surface area (Å²) in [5.41, 5.74) is 0.557. The highest BCUT2D eigenvalue weighted by Crippen LogP contribution is 2.33. The van der Waals surface area contributed by atoms with E-state index in [9.17, 15) is 13.6 Å². The topological polar surface area (TPSA) is 108 Å². The molecule has 2 aliphatic heterocycles. The van der Waals surface area contributed by atoms with Gasteiger partial charge in [0.2, 0.25) is 5.95 Å². The third kappa shape index (κ3) is 6.81. The molecular formula is C26H33ClF2N10O. The monoisotopic (exact) mass is 574 g/mol. The van der Waals surface area contributed by atoms with Gasteiger partial charge < -0.3 is 14.7 Å². The molecule has 0 unspecified atom stereocenters. The molecule has 1 aliphatic carbocycles. The fourth-order valence-corrected chi connectivity index (χ4v) is 5.20. The van der Waals surface area contributed by atoms with Crippen LogP contribution in [0.2, 0.25) is 0 Å². The van der Waals surface area contributed by atoms with E-state index < -0.39 is 11.6 Å². The maximum atomic E-state index is 13.4. The van der Waals surface area contributed by atoms with Crippen molar-refractivity contribution in [1.82, 2.24) is 39.9 Å². The first-order chi connectivity index (χ1) is 19.4. The lowest BCUT2D eigenvalue weighted by Crippen LogP contribution is -2.48. The van der Waals surface area contributed by atoms with Crippen LogP contribution in [0.15, 0.2) is 36.7 Å². The fourth-order valence-electron chi connectivity index (χ4n) is 5.03. The highest BCUT2D eigenvalue weighted by atomic mass is 35.5. The van der Waals surface area contributed by atoms with Crippen molar-refractivity contribution in [2.45, 2.75) is 63.7 Å². The number of nitrogens with zero attached hydrogens (tertiary/aromatic N) is 9. The molecule has 1 N–H and O–H groups in total. The minimum Gasteiger partial charge on any atom is -0.339 e. The molecule has 0 spiro atoms. The molecule has 14 heteroatoms. The van der Waals surface area contributed by atoms with Gasteiger partial charge in [-0.05, 0) is 80.3 Å². The van der Waals surface area contributed by atoms with E-state index >= 15 is 0 Å². The third-order valence-corrected chi connectivity index (χ3v) is 7.66. The zero-order valence-corrected chi connectivity index (χ0v) is 23.1. The van der Waals surface area contributed by atoms with E-state index in [1.54, 1.807) is 17.2 Å². The van der Waals surface area contributed by atoms with Gasteiger partial charge in [0.05, 0.1) is 12.1 Å². The summed E-state index contributed by atoms with van der Waals surface area (Å²) < 4.78 is 23.8. The minimum absolute atomic E-state index is 0.0364. The van der Waals surface area contributed by atoms with Crippen molar-refractivity contribution < 1.29 is 13.6 Å². The van der Waals surface area contributed by atoms with Crippen LogP contribution in [-0.2, 0) is 6.54 Å². The van der Waals surface area contributed by atoms with Crippen molar-refractivity contribution in [3.8, 4) is 0 Å². The number of carbonyl (C=O) groups excluding carboxylic acids is 1. The van der Waals surface area contributed by atoms with E-state index in [-0.39, 0.29) is 18.0 Å². The average Bonchev–Trinajstić information content (AvgIpc) is 3.49. The first kappa shape index (κ1) is 28.1. The summed E-state index contributed by atoms with van der Waals surface area (Å²) in [4.78, 5) is 33.1. The Balaban J connectivity index is 0.000000348. The largest absolute Gasteiger partial charge is 0.339 e. The zero-order valence-electron chi connectivity index (χ0n) is 22.3. The first-order valence-electron chi connectivity index (χ1n) is 13.6. The predicted octanol–water partition coefficient (Wildman–Crippen LogP) is 3.04. The Morgan fingerprint density at radius 3 is 2.08 bits per heavy atom. The molecule has 4 heterocycles. The van der Waals surface area contributed by atoms with Crippen LogP contribution in [0.25, 0.3) is 0 Å². The number of halogens is 3. The number of tetrazole rings is 1. The van der Waals surface area contributed by atoms with E-state index in [2.05, 4.69) is 44.9 Å². The lowest BCUT2D eigenvalue weighted by molar-refractivity contribution is 0.0629. The van der Waals surface area contributed by atoms with E-state index in [1.165, 1.54) is 0 Å². The van der Waals surface area contributed by atoms with Crippen molar-refractivity contribution in [2.75, 3.05) is 36.0 Å². The van der Waals surface area contributed by atoms with Crippen LogP contribution in [0.1, 0.15) is 49.4 Å². The average molecular weight is 575 g/mol. The number of aryl methyl sites for hydroxylation is 1. The number of anilines is 2. The molecule has 1 saturated carbocycles. The molecule has 0 radical (unpaired) electrons. The molecule has 214 valence electrons. The molecule has 1 aromatic carbocycles. The van der Waals surface area contributed by atoms with Gasteiger partial charge in [-0.25, -0.2) is 23.6 Å². The molecule has 1 amide bonds. The van der Waals surface area contributed by atoms with E-state index in [1.807, 2.05) is 6.92 Å². The summed E-state index contributed by atoms with van der Waals surface area (Å²) in [7, 11) is 0. The number of aromatic nitrogens is 6. The van der Waals surface area contributed by atoms with Gasteiger partial charge in [0, 0.05) is 56.7 Å². The van der Waals surface area contributed by atoms with Gasteiger partial charge in [-0.3, -0.25) is 4.79 Å². The summed E-state index contributed by atoms with van der Waals surface area (Å²) in [5.74, 6) is 0.536. The van der Waals surface area contributed by atoms with Crippen LogP contribution in [0.5, 0.6) is 0 Å². The Morgan fingerprint density at radius 2 is 1.55 bits per heavy atom. The molecule has 6 rings (SSSR count).